The number of nitrogens with zero attached hydrogens (tertiary/aromatic N) is 2. The second-order valence-electron chi connectivity index (χ2n) is 5.28. The van der Waals surface area contributed by atoms with Crippen molar-refractivity contribution in [1.82, 2.24) is 9.80 Å². The lowest BCUT2D eigenvalue weighted by Gasteiger charge is -2.06. The first kappa shape index (κ1) is 18.7. The van der Waals surface area contributed by atoms with Crippen molar-refractivity contribution in [2.45, 2.75) is 34.6 Å². The molecule has 2 N–H and O–H groups in total. The van der Waals surface area contributed by atoms with E-state index in [1.807, 2.05) is 0 Å². The predicted molar refractivity (Wildman–Crippen MR) is 95.4 cm³/mol. The minimum absolute atomic E-state index is 0.269. The molecular weight excluding hydrogens is 344 g/mol. The van der Waals surface area contributed by atoms with Gasteiger partial charge in [0.2, 0.25) is 0 Å². The molecule has 0 aliphatic carbocycles. The summed E-state index contributed by atoms with van der Waals surface area (Å²) in [5, 5.41) is 7.26. The Kier molecular flexibility index (Phi) is 5.92. The van der Waals surface area contributed by atoms with Crippen LogP contribution >= 0.6 is 11.5 Å². The normalized spacial score (nSPS) is 11.3. The molecule has 134 valence electrons. The van der Waals surface area contributed by atoms with Crippen molar-refractivity contribution in [3.8, 4) is 0 Å². The van der Waals surface area contributed by atoms with Crippen molar-refractivity contribution in [3.63, 3.8) is 0 Å². The van der Waals surface area contributed by atoms with Gasteiger partial charge in [-0.2, -0.15) is 9.47 Å². The molecule has 2 aromatic heterocycles. The summed E-state index contributed by atoms with van der Waals surface area (Å²) in [4.78, 5) is 23.8. The molecule has 0 aromatic carbocycles. The van der Waals surface area contributed by atoms with Gasteiger partial charge < -0.3 is 9.15 Å². The Morgan fingerprint density at radius 1 is 1.36 bits per heavy atom. The number of aromatic nitrogens is 1. The second-order valence-corrected chi connectivity index (χ2v) is 6.06. The molecule has 0 fully saturated rings. The van der Waals surface area contributed by atoms with Gasteiger partial charge in [0.25, 0.3) is 5.91 Å². The average Bonchev–Trinajstić information content (AvgIpc) is 3.07. The van der Waals surface area contributed by atoms with Gasteiger partial charge in [-0.05, 0) is 52.2 Å². The molecule has 9 heteroatoms. The Hall–Kier alpha value is -2.68. The molecule has 0 aliphatic heterocycles. The van der Waals surface area contributed by atoms with Crippen molar-refractivity contribution in [3.05, 3.63) is 34.4 Å². The monoisotopic (exact) mass is 364 g/mol. The zero-order valence-corrected chi connectivity index (χ0v) is 15.5. The lowest BCUT2D eigenvalue weighted by molar-refractivity contribution is 0.0953. The number of hydrogen-bond acceptors (Lipinski definition) is 7. The Balaban J connectivity index is 2.17. The van der Waals surface area contributed by atoms with E-state index in [4.69, 9.17) is 9.15 Å². The number of carbonyl (C=O) groups is 2. The zero-order valence-electron chi connectivity index (χ0n) is 14.7. The summed E-state index contributed by atoms with van der Waals surface area (Å²) in [5.41, 5.74) is 4.79. The highest BCUT2D eigenvalue weighted by Crippen LogP contribution is 2.25. The van der Waals surface area contributed by atoms with E-state index in [-0.39, 0.29) is 12.5 Å². The van der Waals surface area contributed by atoms with Crippen molar-refractivity contribution in [2.24, 2.45) is 5.10 Å². The lowest BCUT2D eigenvalue weighted by atomic mass is 10.2. The third-order valence-corrected chi connectivity index (χ3v) is 4.18. The number of ether oxygens (including phenoxy) is 1. The molecule has 0 aliphatic rings. The van der Waals surface area contributed by atoms with E-state index in [0.29, 0.717) is 39.1 Å². The van der Waals surface area contributed by atoms with Crippen LogP contribution in [0.25, 0.3) is 0 Å². The number of furan rings is 1. The van der Waals surface area contributed by atoms with Crippen LogP contribution < -0.4 is 10.7 Å². The van der Waals surface area contributed by atoms with Gasteiger partial charge in [0.05, 0.1) is 29.1 Å². The number of hydrazone groups is 1. The van der Waals surface area contributed by atoms with Gasteiger partial charge in [-0.3, -0.25) is 10.1 Å². The summed E-state index contributed by atoms with van der Waals surface area (Å²) in [5.74, 6) is 0.817. The van der Waals surface area contributed by atoms with Gasteiger partial charge in [0.15, 0.2) is 0 Å². The molecule has 0 saturated carbocycles. The van der Waals surface area contributed by atoms with Crippen LogP contribution in [-0.2, 0) is 4.74 Å². The molecule has 2 amide bonds. The highest BCUT2D eigenvalue weighted by Gasteiger charge is 2.18. The number of anilines is 1. The lowest BCUT2D eigenvalue weighted by Crippen LogP contribution is -2.20. The number of carbonyl (C=O) groups excluding carboxylic acids is 2. The van der Waals surface area contributed by atoms with Crippen molar-refractivity contribution in [2.75, 3.05) is 11.9 Å². The quantitative estimate of drug-likeness (QED) is 0.625. The van der Waals surface area contributed by atoms with Crippen LogP contribution in [0.5, 0.6) is 0 Å². The van der Waals surface area contributed by atoms with Crippen LogP contribution in [0.3, 0.4) is 0 Å². The topological polar surface area (TPSA) is 106 Å². The van der Waals surface area contributed by atoms with Crippen LogP contribution in [0.4, 0.5) is 9.80 Å². The summed E-state index contributed by atoms with van der Waals surface area (Å²) in [6.45, 7) is 9.00. The highest BCUT2D eigenvalue weighted by atomic mass is 32.1. The predicted octanol–water partition coefficient (Wildman–Crippen LogP) is 3.38. The molecule has 0 bridgehead atoms. The first-order valence-corrected chi connectivity index (χ1v) is 8.42. The number of amides is 2. The fraction of sp³-hybridized carbons (Fsp3) is 0.375. The maximum atomic E-state index is 12.2. The second kappa shape index (κ2) is 7.93. The number of hydrogen-bond donors (Lipinski definition) is 2. The van der Waals surface area contributed by atoms with Crippen molar-refractivity contribution < 1.29 is 18.7 Å². The van der Waals surface area contributed by atoms with Gasteiger partial charge in [0, 0.05) is 0 Å². The Morgan fingerprint density at radius 2 is 2.08 bits per heavy atom. The van der Waals surface area contributed by atoms with Gasteiger partial charge in [-0.15, -0.1) is 0 Å². The van der Waals surface area contributed by atoms with E-state index in [0.717, 1.165) is 11.5 Å². The minimum Gasteiger partial charge on any atom is -0.466 e. The summed E-state index contributed by atoms with van der Waals surface area (Å²) in [7, 11) is 0. The van der Waals surface area contributed by atoms with Gasteiger partial charge in [-0.1, -0.05) is 0 Å². The van der Waals surface area contributed by atoms with Gasteiger partial charge in [-0.25, -0.2) is 10.2 Å². The fourth-order valence-electron chi connectivity index (χ4n) is 2.25. The Morgan fingerprint density at radius 3 is 2.68 bits per heavy atom. The summed E-state index contributed by atoms with van der Waals surface area (Å²) >= 11 is 1.12. The Bertz CT molecular complexity index is 822. The first-order chi connectivity index (χ1) is 11.8. The zero-order chi connectivity index (χ0) is 18.6. The highest BCUT2D eigenvalue weighted by molar-refractivity contribution is 7.11. The maximum absolute atomic E-state index is 12.2. The van der Waals surface area contributed by atoms with Crippen LogP contribution in [-0.4, -0.2) is 28.7 Å². The molecule has 0 atom stereocenters. The number of rotatable bonds is 5. The van der Waals surface area contributed by atoms with Crippen LogP contribution in [0.15, 0.2) is 15.6 Å². The van der Waals surface area contributed by atoms with E-state index in [1.54, 1.807) is 40.7 Å². The standard InChI is InChI=1S/C16H20N4O4S/c1-6-23-16(22)17-15-13(10(4)20-25-15)9(3)18-19-14(21)12-7-8(2)24-11(12)5/h7H,6H2,1-5H3,(H,17,22)(H,19,21)/b18-9+. The largest absolute Gasteiger partial charge is 0.466 e. The van der Waals surface area contributed by atoms with E-state index in [1.165, 1.54) is 0 Å². The van der Waals surface area contributed by atoms with Gasteiger partial charge >= 0.3 is 6.09 Å². The van der Waals surface area contributed by atoms with Gasteiger partial charge in [0.1, 0.15) is 16.5 Å². The van der Waals surface area contributed by atoms with E-state index in [2.05, 4.69) is 20.2 Å². The smallest absolute Gasteiger partial charge is 0.412 e. The first-order valence-electron chi connectivity index (χ1n) is 7.65. The molecule has 0 radical (unpaired) electrons. The van der Waals surface area contributed by atoms with Crippen molar-refractivity contribution >= 4 is 34.2 Å². The summed E-state index contributed by atoms with van der Waals surface area (Å²) in [6, 6.07) is 1.65. The molecule has 2 aromatic rings. The molecule has 8 nitrogen and oxygen atoms in total. The van der Waals surface area contributed by atoms with Crippen LogP contribution in [0.2, 0.25) is 0 Å². The van der Waals surface area contributed by atoms with Crippen LogP contribution in [0, 0.1) is 20.8 Å². The molecule has 0 unspecified atom stereocenters. The summed E-state index contributed by atoms with van der Waals surface area (Å²) < 4.78 is 14.4. The van der Waals surface area contributed by atoms with Crippen molar-refractivity contribution in [1.29, 1.82) is 0 Å². The number of aryl methyl sites for hydroxylation is 3. The van der Waals surface area contributed by atoms with Crippen LogP contribution in [0.1, 0.15) is 47.0 Å². The third-order valence-electron chi connectivity index (χ3n) is 3.33. The molecule has 25 heavy (non-hydrogen) atoms. The Labute approximate surface area is 149 Å². The molecule has 2 heterocycles. The molecule has 0 spiro atoms. The summed E-state index contributed by atoms with van der Waals surface area (Å²) in [6.07, 6.45) is -0.561. The van der Waals surface area contributed by atoms with E-state index < -0.39 is 6.09 Å². The SMILES string of the molecule is CCOC(=O)Nc1snc(C)c1/C(C)=N/NC(=O)c1cc(C)oc1C. The minimum atomic E-state index is -0.561. The molecule has 2 rings (SSSR count). The average molecular weight is 364 g/mol. The fourth-order valence-corrected chi connectivity index (χ4v) is 3.08. The molecule has 0 saturated heterocycles. The maximum Gasteiger partial charge on any atom is 0.412 e. The van der Waals surface area contributed by atoms with E-state index in [9.17, 15) is 9.59 Å². The van der Waals surface area contributed by atoms with E-state index >= 15 is 0 Å². The number of nitrogens with one attached hydrogen (secondary N) is 2. The molecular formula is C16H20N4O4S. The third kappa shape index (κ3) is 4.44.